The van der Waals surface area contributed by atoms with Crippen molar-refractivity contribution in [2.75, 3.05) is 32.7 Å². The lowest BCUT2D eigenvalue weighted by molar-refractivity contribution is 0.0904. The van der Waals surface area contributed by atoms with Gasteiger partial charge in [0.05, 0.1) is 0 Å². The molecular formula is C16H35N3. The summed E-state index contributed by atoms with van der Waals surface area (Å²) < 4.78 is 0. The van der Waals surface area contributed by atoms with Crippen LogP contribution in [0.1, 0.15) is 53.4 Å². The Morgan fingerprint density at radius 2 is 1.63 bits per heavy atom. The van der Waals surface area contributed by atoms with Crippen LogP contribution < -0.4 is 5.73 Å². The van der Waals surface area contributed by atoms with Gasteiger partial charge in [-0.25, -0.2) is 0 Å². The van der Waals surface area contributed by atoms with Gasteiger partial charge in [0.25, 0.3) is 0 Å². The Labute approximate surface area is 120 Å². The van der Waals surface area contributed by atoms with Crippen molar-refractivity contribution in [3.05, 3.63) is 0 Å². The largest absolute Gasteiger partial charge is 0.328 e. The molecule has 114 valence electrons. The number of hydrogen-bond acceptors (Lipinski definition) is 3. The average molecular weight is 269 g/mol. The van der Waals surface area contributed by atoms with Crippen LogP contribution in [-0.2, 0) is 0 Å². The summed E-state index contributed by atoms with van der Waals surface area (Å²) in [6, 6.07) is 1.12. The molecule has 0 aromatic rings. The first-order valence-electron chi connectivity index (χ1n) is 8.24. The Morgan fingerprint density at radius 3 is 2.16 bits per heavy atom. The molecule has 19 heavy (non-hydrogen) atoms. The molecule has 3 atom stereocenters. The van der Waals surface area contributed by atoms with Gasteiger partial charge in [0.2, 0.25) is 0 Å². The zero-order chi connectivity index (χ0) is 14.3. The minimum Gasteiger partial charge on any atom is -0.328 e. The lowest BCUT2D eigenvalue weighted by Crippen LogP contribution is -2.50. The highest BCUT2D eigenvalue weighted by atomic mass is 15.3. The molecule has 3 heteroatoms. The Balaban J connectivity index is 2.14. The van der Waals surface area contributed by atoms with E-state index < -0.39 is 0 Å². The third-order valence-electron chi connectivity index (χ3n) is 4.55. The van der Waals surface area contributed by atoms with Crippen molar-refractivity contribution in [1.29, 1.82) is 0 Å². The van der Waals surface area contributed by atoms with E-state index in [0.29, 0.717) is 6.04 Å². The van der Waals surface area contributed by atoms with E-state index in [1.807, 2.05) is 0 Å². The molecule has 0 amide bonds. The van der Waals surface area contributed by atoms with Crippen molar-refractivity contribution >= 4 is 0 Å². The van der Waals surface area contributed by atoms with Crippen molar-refractivity contribution in [2.24, 2.45) is 11.7 Å². The molecule has 1 aliphatic rings. The second-order valence-corrected chi connectivity index (χ2v) is 6.61. The summed E-state index contributed by atoms with van der Waals surface area (Å²) in [6.07, 6.45) is 5.05. The maximum absolute atomic E-state index is 5.80. The van der Waals surface area contributed by atoms with Crippen LogP contribution in [0.4, 0.5) is 0 Å². The normalized spacial score (nSPS) is 23.2. The van der Waals surface area contributed by atoms with Gasteiger partial charge in [-0.05, 0) is 39.0 Å². The predicted molar refractivity (Wildman–Crippen MR) is 84.4 cm³/mol. The molecule has 0 radical (unpaired) electrons. The minimum atomic E-state index is 0.367. The van der Waals surface area contributed by atoms with Gasteiger partial charge in [0.15, 0.2) is 0 Å². The van der Waals surface area contributed by atoms with Crippen molar-refractivity contribution in [3.63, 3.8) is 0 Å². The monoisotopic (exact) mass is 269 g/mol. The molecule has 3 unspecified atom stereocenters. The maximum atomic E-state index is 5.80. The number of rotatable bonds is 8. The zero-order valence-electron chi connectivity index (χ0n) is 13.6. The highest BCUT2D eigenvalue weighted by Gasteiger charge is 2.20. The van der Waals surface area contributed by atoms with Crippen LogP contribution in [0.3, 0.4) is 0 Å². The summed E-state index contributed by atoms with van der Waals surface area (Å²) in [5.41, 5.74) is 5.80. The van der Waals surface area contributed by atoms with Gasteiger partial charge < -0.3 is 10.6 Å². The van der Waals surface area contributed by atoms with E-state index in [4.69, 9.17) is 5.73 Å². The summed E-state index contributed by atoms with van der Waals surface area (Å²) in [5, 5.41) is 0. The predicted octanol–water partition coefficient (Wildman–Crippen LogP) is 2.56. The fourth-order valence-electron chi connectivity index (χ4n) is 2.97. The molecule has 0 spiro atoms. The molecular weight excluding hydrogens is 234 g/mol. The first-order valence-corrected chi connectivity index (χ1v) is 8.24. The van der Waals surface area contributed by atoms with Gasteiger partial charge in [0.1, 0.15) is 0 Å². The van der Waals surface area contributed by atoms with Gasteiger partial charge in [-0.1, -0.05) is 20.3 Å². The van der Waals surface area contributed by atoms with Gasteiger partial charge in [-0.2, -0.15) is 0 Å². The standard InChI is InChI=1S/C16H35N3/c1-5-16(4)19-11-9-18(10-12-19)13-14(2)7-6-8-15(3)17/h14-16H,5-13,17H2,1-4H3. The zero-order valence-corrected chi connectivity index (χ0v) is 13.6. The summed E-state index contributed by atoms with van der Waals surface area (Å²) in [7, 11) is 0. The second kappa shape index (κ2) is 8.93. The Morgan fingerprint density at radius 1 is 1.00 bits per heavy atom. The van der Waals surface area contributed by atoms with Crippen LogP contribution in [-0.4, -0.2) is 54.6 Å². The highest BCUT2D eigenvalue weighted by molar-refractivity contribution is 4.76. The molecule has 1 saturated heterocycles. The summed E-state index contributed by atoms with van der Waals surface area (Å²) in [4.78, 5) is 5.28. The van der Waals surface area contributed by atoms with Crippen LogP contribution in [0.25, 0.3) is 0 Å². The minimum absolute atomic E-state index is 0.367. The summed E-state index contributed by atoms with van der Waals surface area (Å²) in [5.74, 6) is 0.814. The first-order chi connectivity index (χ1) is 9.02. The summed E-state index contributed by atoms with van der Waals surface area (Å²) >= 11 is 0. The van der Waals surface area contributed by atoms with E-state index in [2.05, 4.69) is 37.5 Å². The Kier molecular flexibility index (Phi) is 7.96. The lowest BCUT2D eigenvalue weighted by atomic mass is 10.0. The fraction of sp³-hybridized carbons (Fsp3) is 1.00. The van der Waals surface area contributed by atoms with Gasteiger partial charge in [-0.3, -0.25) is 4.90 Å². The first kappa shape index (κ1) is 16.9. The van der Waals surface area contributed by atoms with E-state index in [1.165, 1.54) is 58.4 Å². The van der Waals surface area contributed by atoms with E-state index in [9.17, 15) is 0 Å². The van der Waals surface area contributed by atoms with E-state index in [0.717, 1.165) is 12.0 Å². The molecule has 0 aromatic carbocycles. The quantitative estimate of drug-likeness (QED) is 0.735. The summed E-state index contributed by atoms with van der Waals surface area (Å²) in [6.45, 7) is 15.4. The van der Waals surface area contributed by atoms with Gasteiger partial charge in [0, 0.05) is 44.8 Å². The second-order valence-electron chi connectivity index (χ2n) is 6.61. The third kappa shape index (κ3) is 6.73. The van der Waals surface area contributed by atoms with Crippen molar-refractivity contribution in [2.45, 2.75) is 65.5 Å². The SMILES string of the molecule is CCC(C)N1CCN(CC(C)CCCC(C)N)CC1. The molecule has 1 rings (SSSR count). The lowest BCUT2D eigenvalue weighted by Gasteiger charge is -2.38. The van der Waals surface area contributed by atoms with Gasteiger partial charge in [-0.15, -0.1) is 0 Å². The molecule has 0 aliphatic carbocycles. The van der Waals surface area contributed by atoms with E-state index >= 15 is 0 Å². The molecule has 1 heterocycles. The van der Waals surface area contributed by atoms with Crippen LogP contribution in [0, 0.1) is 5.92 Å². The molecule has 1 fully saturated rings. The third-order valence-corrected chi connectivity index (χ3v) is 4.55. The Hall–Kier alpha value is -0.120. The fourth-order valence-corrected chi connectivity index (χ4v) is 2.97. The number of piperazine rings is 1. The van der Waals surface area contributed by atoms with Crippen molar-refractivity contribution in [1.82, 2.24) is 9.80 Å². The number of hydrogen-bond donors (Lipinski definition) is 1. The molecule has 0 saturated carbocycles. The maximum Gasteiger partial charge on any atom is 0.0113 e. The molecule has 0 aromatic heterocycles. The molecule has 3 nitrogen and oxygen atoms in total. The van der Waals surface area contributed by atoms with Crippen LogP contribution >= 0.6 is 0 Å². The van der Waals surface area contributed by atoms with E-state index in [1.54, 1.807) is 0 Å². The Bertz CT molecular complexity index is 222. The average Bonchev–Trinajstić information content (AvgIpc) is 2.38. The molecule has 2 N–H and O–H groups in total. The topological polar surface area (TPSA) is 32.5 Å². The number of nitrogens with zero attached hydrogens (tertiary/aromatic N) is 2. The number of nitrogens with two attached hydrogens (primary N) is 1. The molecule has 1 aliphatic heterocycles. The van der Waals surface area contributed by atoms with Crippen LogP contribution in [0.2, 0.25) is 0 Å². The molecule has 0 bridgehead atoms. The van der Waals surface area contributed by atoms with Crippen molar-refractivity contribution < 1.29 is 0 Å². The van der Waals surface area contributed by atoms with Gasteiger partial charge >= 0.3 is 0 Å². The van der Waals surface area contributed by atoms with Crippen molar-refractivity contribution in [3.8, 4) is 0 Å². The smallest absolute Gasteiger partial charge is 0.0113 e. The van der Waals surface area contributed by atoms with E-state index in [-0.39, 0.29) is 0 Å². The highest BCUT2D eigenvalue weighted by Crippen LogP contribution is 2.14. The van der Waals surface area contributed by atoms with Crippen LogP contribution in [0.5, 0.6) is 0 Å². The van der Waals surface area contributed by atoms with Crippen LogP contribution in [0.15, 0.2) is 0 Å².